The Balaban J connectivity index is 2.17. The van der Waals surface area contributed by atoms with Crippen molar-refractivity contribution in [3.8, 4) is 0 Å². The molecule has 94 valence electrons. The van der Waals surface area contributed by atoms with E-state index in [0.717, 1.165) is 18.6 Å². The molecule has 1 aliphatic carbocycles. The van der Waals surface area contributed by atoms with Crippen molar-refractivity contribution in [2.24, 2.45) is 5.73 Å². The predicted octanol–water partition coefficient (Wildman–Crippen LogP) is 2.91. The van der Waals surface area contributed by atoms with Crippen LogP contribution in [0.1, 0.15) is 65.2 Å². The molecule has 2 N–H and O–H groups in total. The second kappa shape index (κ2) is 5.05. The summed E-state index contributed by atoms with van der Waals surface area (Å²) in [4.78, 5) is 2.81. The van der Waals surface area contributed by atoms with Gasteiger partial charge in [0.05, 0.1) is 0 Å². The van der Waals surface area contributed by atoms with Crippen molar-refractivity contribution in [1.82, 2.24) is 4.90 Å². The molecule has 2 fully saturated rings. The molecule has 1 heterocycles. The van der Waals surface area contributed by atoms with Gasteiger partial charge in [-0.15, -0.1) is 0 Å². The van der Waals surface area contributed by atoms with Crippen molar-refractivity contribution in [1.29, 1.82) is 0 Å². The zero-order chi connectivity index (χ0) is 11.6. The third kappa shape index (κ3) is 2.02. The van der Waals surface area contributed by atoms with E-state index < -0.39 is 0 Å². The van der Waals surface area contributed by atoms with Crippen LogP contribution in [0.25, 0.3) is 0 Å². The van der Waals surface area contributed by atoms with Crippen LogP contribution in [0.2, 0.25) is 0 Å². The van der Waals surface area contributed by atoms with Crippen LogP contribution in [-0.2, 0) is 0 Å². The summed E-state index contributed by atoms with van der Waals surface area (Å²) in [7, 11) is 0. The Morgan fingerprint density at radius 3 is 2.44 bits per heavy atom. The molecular weight excluding hydrogens is 196 g/mol. The molecule has 1 aliphatic heterocycles. The summed E-state index contributed by atoms with van der Waals surface area (Å²) in [5.41, 5.74) is 6.51. The molecule has 0 spiro atoms. The van der Waals surface area contributed by atoms with Gasteiger partial charge in [0.25, 0.3) is 0 Å². The molecular formula is C14H28N2. The molecule has 2 unspecified atom stereocenters. The number of hydrogen-bond donors (Lipinski definition) is 1. The number of likely N-dealkylation sites (tertiary alicyclic amines) is 1. The summed E-state index contributed by atoms with van der Waals surface area (Å²) in [6.45, 7) is 5.61. The summed E-state index contributed by atoms with van der Waals surface area (Å²) in [5.74, 6) is 0. The normalized spacial score (nSPS) is 35.4. The first-order chi connectivity index (χ1) is 7.73. The first kappa shape index (κ1) is 12.4. The first-order valence-electron chi connectivity index (χ1n) is 7.22. The summed E-state index contributed by atoms with van der Waals surface area (Å²) in [6, 6.07) is 1.56. The second-order valence-electron chi connectivity index (χ2n) is 5.88. The maximum Gasteiger partial charge on any atom is 0.0337 e. The number of rotatable bonds is 3. The number of nitrogens with two attached hydrogens (primary N) is 1. The Morgan fingerprint density at radius 2 is 1.88 bits per heavy atom. The van der Waals surface area contributed by atoms with Gasteiger partial charge in [0.15, 0.2) is 0 Å². The smallest absolute Gasteiger partial charge is 0.0337 e. The Hall–Kier alpha value is -0.0800. The molecule has 0 bridgehead atoms. The SMILES string of the molecule is CCC1CCC(C)N1C1(CN)CCCCC1. The van der Waals surface area contributed by atoms with E-state index >= 15 is 0 Å². The van der Waals surface area contributed by atoms with Crippen molar-refractivity contribution in [3.63, 3.8) is 0 Å². The molecule has 1 saturated carbocycles. The van der Waals surface area contributed by atoms with Crippen LogP contribution < -0.4 is 5.73 Å². The van der Waals surface area contributed by atoms with Gasteiger partial charge in [-0.25, -0.2) is 0 Å². The van der Waals surface area contributed by atoms with Crippen LogP contribution in [0.3, 0.4) is 0 Å². The third-order valence-corrected chi connectivity index (χ3v) is 4.97. The summed E-state index contributed by atoms with van der Waals surface area (Å²) in [6.07, 6.45) is 10.9. The van der Waals surface area contributed by atoms with Crippen LogP contribution in [0.4, 0.5) is 0 Å². The maximum atomic E-state index is 6.16. The van der Waals surface area contributed by atoms with E-state index in [2.05, 4.69) is 18.7 Å². The lowest BCUT2D eigenvalue weighted by Gasteiger charge is -2.49. The Kier molecular flexibility index (Phi) is 3.91. The average Bonchev–Trinajstić information content (AvgIpc) is 2.72. The third-order valence-electron chi connectivity index (χ3n) is 4.97. The summed E-state index contributed by atoms with van der Waals surface area (Å²) in [5, 5.41) is 0. The Morgan fingerprint density at radius 1 is 1.19 bits per heavy atom. The molecule has 2 aliphatic rings. The van der Waals surface area contributed by atoms with Gasteiger partial charge in [0.2, 0.25) is 0 Å². The van der Waals surface area contributed by atoms with Crippen molar-refractivity contribution in [2.75, 3.05) is 6.54 Å². The highest BCUT2D eigenvalue weighted by Crippen LogP contribution is 2.41. The van der Waals surface area contributed by atoms with Crippen molar-refractivity contribution >= 4 is 0 Å². The number of nitrogens with zero attached hydrogens (tertiary/aromatic N) is 1. The molecule has 2 nitrogen and oxygen atoms in total. The minimum Gasteiger partial charge on any atom is -0.329 e. The zero-order valence-corrected chi connectivity index (χ0v) is 11.0. The van der Waals surface area contributed by atoms with Gasteiger partial charge in [-0.2, -0.15) is 0 Å². The van der Waals surface area contributed by atoms with Crippen LogP contribution in [0, 0.1) is 0 Å². The maximum absolute atomic E-state index is 6.16. The quantitative estimate of drug-likeness (QED) is 0.798. The molecule has 0 aromatic rings. The fourth-order valence-corrected chi connectivity index (χ4v) is 4.10. The highest BCUT2D eigenvalue weighted by atomic mass is 15.3. The summed E-state index contributed by atoms with van der Waals surface area (Å²) < 4.78 is 0. The van der Waals surface area contributed by atoms with E-state index in [9.17, 15) is 0 Å². The number of hydrogen-bond acceptors (Lipinski definition) is 2. The largest absolute Gasteiger partial charge is 0.329 e. The lowest BCUT2D eigenvalue weighted by atomic mass is 9.79. The van der Waals surface area contributed by atoms with Gasteiger partial charge < -0.3 is 5.73 Å². The van der Waals surface area contributed by atoms with E-state index in [1.165, 1.54) is 51.4 Å². The monoisotopic (exact) mass is 224 g/mol. The van der Waals surface area contributed by atoms with Crippen molar-refractivity contribution in [2.45, 2.75) is 82.8 Å². The van der Waals surface area contributed by atoms with Gasteiger partial charge in [-0.1, -0.05) is 26.2 Å². The van der Waals surface area contributed by atoms with Crippen molar-refractivity contribution in [3.05, 3.63) is 0 Å². The molecule has 0 aromatic carbocycles. The van der Waals surface area contributed by atoms with Gasteiger partial charge in [0.1, 0.15) is 0 Å². The molecule has 2 atom stereocenters. The Labute approximate surface area is 101 Å². The second-order valence-corrected chi connectivity index (χ2v) is 5.88. The van der Waals surface area contributed by atoms with Crippen LogP contribution >= 0.6 is 0 Å². The van der Waals surface area contributed by atoms with E-state index in [1.807, 2.05) is 0 Å². The lowest BCUT2D eigenvalue weighted by molar-refractivity contribution is 0.0168. The van der Waals surface area contributed by atoms with Crippen molar-refractivity contribution < 1.29 is 0 Å². The highest BCUT2D eigenvalue weighted by molar-refractivity contribution is 5.01. The molecule has 1 saturated heterocycles. The highest BCUT2D eigenvalue weighted by Gasteiger charge is 2.44. The lowest BCUT2D eigenvalue weighted by Crippen LogP contribution is -2.58. The minimum atomic E-state index is 0.356. The van der Waals surface area contributed by atoms with E-state index in [1.54, 1.807) is 0 Å². The van der Waals surface area contributed by atoms with Crippen LogP contribution in [0.5, 0.6) is 0 Å². The molecule has 0 radical (unpaired) electrons. The van der Waals surface area contributed by atoms with E-state index in [4.69, 9.17) is 5.73 Å². The molecule has 0 amide bonds. The Bertz CT molecular complexity index is 221. The van der Waals surface area contributed by atoms with Crippen LogP contribution in [0.15, 0.2) is 0 Å². The first-order valence-corrected chi connectivity index (χ1v) is 7.22. The van der Waals surface area contributed by atoms with Gasteiger partial charge in [-0.3, -0.25) is 4.90 Å². The minimum absolute atomic E-state index is 0.356. The fourth-order valence-electron chi connectivity index (χ4n) is 4.10. The van der Waals surface area contributed by atoms with Gasteiger partial charge in [0, 0.05) is 24.2 Å². The zero-order valence-electron chi connectivity index (χ0n) is 11.0. The average molecular weight is 224 g/mol. The molecule has 2 heteroatoms. The summed E-state index contributed by atoms with van der Waals surface area (Å²) >= 11 is 0. The van der Waals surface area contributed by atoms with E-state index in [0.29, 0.717) is 5.54 Å². The van der Waals surface area contributed by atoms with Gasteiger partial charge >= 0.3 is 0 Å². The topological polar surface area (TPSA) is 29.3 Å². The molecule has 16 heavy (non-hydrogen) atoms. The fraction of sp³-hybridized carbons (Fsp3) is 1.00. The van der Waals surface area contributed by atoms with E-state index in [-0.39, 0.29) is 0 Å². The predicted molar refractivity (Wildman–Crippen MR) is 69.5 cm³/mol. The molecule has 2 rings (SSSR count). The van der Waals surface area contributed by atoms with Crippen LogP contribution in [-0.4, -0.2) is 29.1 Å². The standard InChI is InChI=1S/C14H28N2/c1-3-13-8-7-12(2)16(13)14(11-15)9-5-4-6-10-14/h12-13H,3-11,15H2,1-2H3. The molecule has 0 aromatic heterocycles. The van der Waals surface area contributed by atoms with Gasteiger partial charge in [-0.05, 0) is 39.0 Å².